The van der Waals surface area contributed by atoms with E-state index in [1.807, 2.05) is 0 Å². The van der Waals surface area contributed by atoms with Gasteiger partial charge >= 0.3 is 11.9 Å². The number of hydrogen-bond acceptors (Lipinski definition) is 10. The molecule has 0 amide bonds. The Kier molecular flexibility index (Phi) is 10.4. The largest absolute Gasteiger partial charge is 0.493 e. The van der Waals surface area contributed by atoms with E-state index in [0.29, 0.717) is 19.3 Å². The van der Waals surface area contributed by atoms with Gasteiger partial charge in [0, 0.05) is 12.2 Å². The van der Waals surface area contributed by atoms with E-state index in [4.69, 9.17) is 18.9 Å². The Morgan fingerprint density at radius 2 is 1.14 bits per heavy atom. The first-order valence-corrected chi connectivity index (χ1v) is 11.0. The summed E-state index contributed by atoms with van der Waals surface area (Å²) in [4.78, 5) is 43.7. The third kappa shape index (κ3) is 7.68. The topological polar surface area (TPSA) is 198 Å². The highest BCUT2D eigenvalue weighted by Gasteiger charge is 2.28. The normalized spacial score (nSPS) is 15.8. The summed E-state index contributed by atoms with van der Waals surface area (Å²) in [7, 11) is 2.59. The minimum absolute atomic E-state index is 0.0557. The lowest BCUT2D eigenvalue weighted by molar-refractivity contribution is -0.427. The summed E-state index contributed by atoms with van der Waals surface area (Å²) >= 11 is 0. The van der Waals surface area contributed by atoms with Gasteiger partial charge in [-0.1, -0.05) is 0 Å². The highest BCUT2D eigenvalue weighted by Crippen LogP contribution is 2.27. The summed E-state index contributed by atoms with van der Waals surface area (Å²) in [5, 5.41) is 41.0. The summed E-state index contributed by atoms with van der Waals surface area (Å²) in [5.41, 5.74) is -1.93. The van der Waals surface area contributed by atoms with Crippen molar-refractivity contribution in [3.63, 3.8) is 0 Å². The van der Waals surface area contributed by atoms with Crippen molar-refractivity contribution in [2.24, 2.45) is 0 Å². The van der Waals surface area contributed by atoms with Gasteiger partial charge in [0.25, 0.3) is 11.4 Å². The molecule has 14 nitrogen and oxygen atoms in total. The Hall–Kier alpha value is -4.62. The van der Waals surface area contributed by atoms with Crippen molar-refractivity contribution in [3.8, 4) is 0 Å². The number of allylic oxidation sites excluding steroid dienone is 2. The van der Waals surface area contributed by atoms with Crippen molar-refractivity contribution in [2.75, 3.05) is 27.4 Å². The van der Waals surface area contributed by atoms with Crippen molar-refractivity contribution < 1.29 is 48.6 Å². The third-order valence-electron chi connectivity index (χ3n) is 5.27. The molecule has 0 aromatic carbocycles. The molecule has 2 aliphatic rings. The number of aliphatic carboxylic acids is 2. The average molecular weight is 522 g/mol. The van der Waals surface area contributed by atoms with Crippen LogP contribution in [0, 0.1) is 20.2 Å². The standard InChI is InChI=1S/C23H26N2O12/c1-34-20-12-14(22(26)27)16(24(30)31)6-8-18(20)36-10-4-3-5-11-37-19-9-7-17(25(32)33)15(23(28)29)13-21(19)35-2/h8-9,12-13H,3-7,10-11H2,1-2H3,(H,26,27)(H,28,29). The molecule has 0 heterocycles. The fourth-order valence-electron chi connectivity index (χ4n) is 3.41. The van der Waals surface area contributed by atoms with E-state index in [0.717, 1.165) is 12.2 Å². The molecule has 0 bridgehead atoms. The number of nitro groups is 2. The van der Waals surface area contributed by atoms with Crippen molar-refractivity contribution in [3.05, 3.63) is 90.1 Å². The first kappa shape index (κ1) is 28.6. The van der Waals surface area contributed by atoms with E-state index in [-0.39, 0.29) is 49.1 Å². The van der Waals surface area contributed by atoms with Crippen LogP contribution in [0.25, 0.3) is 0 Å². The van der Waals surface area contributed by atoms with Gasteiger partial charge in [0.1, 0.15) is 11.1 Å². The van der Waals surface area contributed by atoms with Gasteiger partial charge in [0.2, 0.25) is 0 Å². The smallest absolute Gasteiger partial charge is 0.342 e. The molecule has 2 aliphatic carbocycles. The number of carbonyl (C=O) groups is 2. The second-order valence-corrected chi connectivity index (χ2v) is 7.57. The van der Waals surface area contributed by atoms with Gasteiger partial charge in [-0.25, -0.2) is 9.59 Å². The lowest BCUT2D eigenvalue weighted by Gasteiger charge is -2.13. The molecule has 0 saturated heterocycles. The maximum atomic E-state index is 11.4. The van der Waals surface area contributed by atoms with E-state index < -0.39 is 44.3 Å². The van der Waals surface area contributed by atoms with Crippen LogP contribution >= 0.6 is 0 Å². The van der Waals surface area contributed by atoms with Crippen molar-refractivity contribution in [2.45, 2.75) is 32.1 Å². The highest BCUT2D eigenvalue weighted by atomic mass is 16.6. The van der Waals surface area contributed by atoms with Crippen LogP contribution in [0.4, 0.5) is 0 Å². The molecule has 0 aromatic rings. The van der Waals surface area contributed by atoms with Gasteiger partial charge in [-0.2, -0.15) is 0 Å². The van der Waals surface area contributed by atoms with Gasteiger partial charge in [-0.15, -0.1) is 0 Å². The zero-order valence-electron chi connectivity index (χ0n) is 20.1. The number of nitrogens with zero attached hydrogens (tertiary/aromatic N) is 2. The summed E-state index contributed by atoms with van der Waals surface area (Å²) in [6, 6.07) is 0. The molecule has 0 aromatic heterocycles. The molecule has 14 heteroatoms. The van der Waals surface area contributed by atoms with Crippen molar-refractivity contribution in [1.29, 1.82) is 0 Å². The van der Waals surface area contributed by atoms with Gasteiger partial charge in [0.15, 0.2) is 23.0 Å². The molecule has 0 atom stereocenters. The Morgan fingerprint density at radius 1 is 0.757 bits per heavy atom. The number of methoxy groups -OCH3 is 2. The van der Waals surface area contributed by atoms with E-state index in [9.17, 15) is 40.0 Å². The van der Waals surface area contributed by atoms with Crippen molar-refractivity contribution >= 4 is 11.9 Å². The number of unbranched alkanes of at least 4 members (excludes halogenated alkanes) is 2. The second kappa shape index (κ2) is 13.5. The molecular weight excluding hydrogens is 496 g/mol. The molecule has 0 unspecified atom stereocenters. The number of carboxylic acid groups (broad SMARTS) is 2. The number of rotatable bonds is 14. The van der Waals surface area contributed by atoms with Gasteiger partial charge in [-0.05, 0) is 31.4 Å². The minimum atomic E-state index is -1.45. The first-order valence-electron chi connectivity index (χ1n) is 11.0. The lowest BCUT2D eigenvalue weighted by Crippen LogP contribution is -2.08. The number of ether oxygens (including phenoxy) is 4. The van der Waals surface area contributed by atoms with Crippen LogP contribution in [0.1, 0.15) is 32.1 Å². The Labute approximate surface area is 210 Å². The van der Waals surface area contributed by atoms with E-state index >= 15 is 0 Å². The molecule has 0 fully saturated rings. The predicted octanol–water partition coefficient (Wildman–Crippen LogP) is 3.06. The van der Waals surface area contributed by atoms with E-state index in [1.165, 1.54) is 26.4 Å². The molecule has 2 N–H and O–H groups in total. The van der Waals surface area contributed by atoms with Crippen LogP contribution in [-0.4, -0.2) is 59.4 Å². The summed E-state index contributed by atoms with van der Waals surface area (Å²) in [5.74, 6) is -2.40. The quantitative estimate of drug-likeness (QED) is 0.192. The molecule has 37 heavy (non-hydrogen) atoms. The Balaban J connectivity index is 1.88. The summed E-state index contributed by atoms with van der Waals surface area (Å²) in [6.45, 7) is 0.430. The molecular formula is C23H26N2O12. The van der Waals surface area contributed by atoms with Crippen LogP contribution in [0.5, 0.6) is 0 Å². The first-order chi connectivity index (χ1) is 17.6. The molecule has 0 radical (unpaired) electrons. The zero-order valence-corrected chi connectivity index (χ0v) is 20.1. The monoisotopic (exact) mass is 522 g/mol. The van der Waals surface area contributed by atoms with Crippen LogP contribution in [-0.2, 0) is 28.5 Å². The number of hydrogen-bond donors (Lipinski definition) is 2. The Morgan fingerprint density at radius 3 is 1.43 bits per heavy atom. The van der Waals surface area contributed by atoms with Crippen LogP contribution in [0.2, 0.25) is 0 Å². The Bertz CT molecular complexity index is 1050. The fourth-order valence-corrected chi connectivity index (χ4v) is 3.41. The molecule has 0 aliphatic heterocycles. The third-order valence-corrected chi connectivity index (χ3v) is 5.27. The zero-order chi connectivity index (χ0) is 27.5. The lowest BCUT2D eigenvalue weighted by atomic mass is 10.1. The van der Waals surface area contributed by atoms with Gasteiger partial charge < -0.3 is 29.2 Å². The van der Waals surface area contributed by atoms with E-state index in [2.05, 4.69) is 0 Å². The van der Waals surface area contributed by atoms with Crippen molar-refractivity contribution in [1.82, 2.24) is 0 Å². The minimum Gasteiger partial charge on any atom is -0.493 e. The predicted molar refractivity (Wildman–Crippen MR) is 125 cm³/mol. The van der Waals surface area contributed by atoms with Crippen LogP contribution in [0.3, 0.4) is 0 Å². The fraction of sp³-hybridized carbons (Fsp3) is 0.391. The van der Waals surface area contributed by atoms with Crippen LogP contribution in [0.15, 0.2) is 69.9 Å². The SMILES string of the molecule is COC1=CC(C(=O)O)=C([N+](=O)[O-])CC=C1OCCCCCOC1=CCC([N+](=O)[O-])=C(C(=O)O)C=C1OC. The maximum absolute atomic E-state index is 11.4. The maximum Gasteiger partial charge on any atom is 0.342 e. The molecule has 0 saturated carbocycles. The second-order valence-electron chi connectivity index (χ2n) is 7.57. The molecule has 0 spiro atoms. The summed E-state index contributed by atoms with van der Waals surface area (Å²) < 4.78 is 21.6. The number of carboxylic acids is 2. The van der Waals surface area contributed by atoms with Gasteiger partial charge in [-0.3, -0.25) is 20.2 Å². The van der Waals surface area contributed by atoms with Crippen LogP contribution < -0.4 is 0 Å². The highest BCUT2D eigenvalue weighted by molar-refractivity contribution is 5.91. The molecule has 2 rings (SSSR count). The van der Waals surface area contributed by atoms with E-state index in [1.54, 1.807) is 0 Å². The van der Waals surface area contributed by atoms with Gasteiger partial charge in [0.05, 0.1) is 50.1 Å². The average Bonchev–Trinajstić information content (AvgIpc) is 3.15. The molecule has 200 valence electrons. The summed E-state index contributed by atoms with van der Waals surface area (Å²) in [6.07, 6.45) is 6.15.